The van der Waals surface area contributed by atoms with Crippen molar-refractivity contribution in [3.8, 4) is 5.75 Å². The summed E-state index contributed by atoms with van der Waals surface area (Å²) in [6.07, 6.45) is 1.03. The van der Waals surface area contributed by atoms with Crippen LogP contribution in [0.15, 0.2) is 18.2 Å². The number of esters is 1. The molecule has 112 valence electrons. The van der Waals surface area contributed by atoms with E-state index in [2.05, 4.69) is 39.4 Å². The summed E-state index contributed by atoms with van der Waals surface area (Å²) in [6.45, 7) is 11.0. The summed E-state index contributed by atoms with van der Waals surface area (Å²) < 4.78 is 4.65. The van der Waals surface area contributed by atoms with E-state index in [-0.39, 0.29) is 16.7 Å². The third-order valence-electron chi connectivity index (χ3n) is 3.49. The Balaban J connectivity index is 3.11. The molecule has 0 radical (unpaired) electrons. The molecule has 0 aliphatic heterocycles. The molecule has 0 spiro atoms. The van der Waals surface area contributed by atoms with Crippen LogP contribution >= 0.6 is 0 Å². The molecular formula is C17H26O3. The van der Waals surface area contributed by atoms with Crippen molar-refractivity contribution in [3.63, 3.8) is 0 Å². The monoisotopic (exact) mass is 278 g/mol. The zero-order valence-corrected chi connectivity index (χ0v) is 13.4. The highest BCUT2D eigenvalue weighted by molar-refractivity contribution is 5.92. The Morgan fingerprint density at radius 2 is 1.90 bits per heavy atom. The van der Waals surface area contributed by atoms with Crippen molar-refractivity contribution in [2.45, 2.75) is 47.0 Å². The van der Waals surface area contributed by atoms with Crippen LogP contribution in [0.25, 0.3) is 0 Å². The summed E-state index contributed by atoms with van der Waals surface area (Å²) in [5.41, 5.74) is 1.50. The van der Waals surface area contributed by atoms with Crippen molar-refractivity contribution in [1.29, 1.82) is 0 Å². The van der Waals surface area contributed by atoms with Gasteiger partial charge in [-0.2, -0.15) is 0 Å². The lowest BCUT2D eigenvalue weighted by Gasteiger charge is -2.29. The molecular weight excluding hydrogens is 252 g/mol. The highest BCUT2D eigenvalue weighted by atomic mass is 16.5. The Morgan fingerprint density at radius 1 is 1.30 bits per heavy atom. The molecule has 0 aromatic heterocycles. The van der Waals surface area contributed by atoms with E-state index < -0.39 is 5.97 Å². The van der Waals surface area contributed by atoms with Crippen LogP contribution in [0.4, 0.5) is 0 Å². The molecule has 0 saturated carbocycles. The van der Waals surface area contributed by atoms with Crippen LogP contribution in [0.3, 0.4) is 0 Å². The Kier molecular flexibility index (Phi) is 5.21. The van der Waals surface area contributed by atoms with E-state index in [0.29, 0.717) is 11.8 Å². The minimum atomic E-state index is -0.508. The number of phenolic OH excluding ortho intramolecular Hbond substituents is 1. The third-order valence-corrected chi connectivity index (χ3v) is 3.49. The maximum atomic E-state index is 11.5. The minimum Gasteiger partial charge on any atom is -0.507 e. The van der Waals surface area contributed by atoms with E-state index in [0.717, 1.165) is 12.0 Å². The largest absolute Gasteiger partial charge is 0.507 e. The number of methoxy groups -OCH3 is 1. The first-order valence-corrected chi connectivity index (χ1v) is 7.07. The number of phenols is 1. The molecule has 0 saturated heterocycles. The Morgan fingerprint density at radius 3 is 2.30 bits per heavy atom. The summed E-state index contributed by atoms with van der Waals surface area (Å²) in [7, 11) is 1.31. The van der Waals surface area contributed by atoms with Gasteiger partial charge < -0.3 is 9.84 Å². The second kappa shape index (κ2) is 6.29. The van der Waals surface area contributed by atoms with E-state index in [9.17, 15) is 9.90 Å². The number of benzene rings is 1. The molecule has 0 fully saturated rings. The molecule has 0 amide bonds. The van der Waals surface area contributed by atoms with Crippen LogP contribution in [0.2, 0.25) is 0 Å². The lowest BCUT2D eigenvalue weighted by atomic mass is 9.76. The molecule has 1 atom stereocenters. The summed E-state index contributed by atoms with van der Waals surface area (Å²) in [4.78, 5) is 11.5. The highest BCUT2D eigenvalue weighted by Gasteiger charge is 2.24. The highest BCUT2D eigenvalue weighted by Crippen LogP contribution is 2.37. The summed E-state index contributed by atoms with van der Waals surface area (Å²) >= 11 is 0. The predicted octanol–water partition coefficient (Wildman–Crippen LogP) is 4.35. The molecule has 20 heavy (non-hydrogen) atoms. The lowest BCUT2D eigenvalue weighted by molar-refractivity contribution is 0.0597. The Bertz CT molecular complexity index is 470. The Hall–Kier alpha value is -1.51. The van der Waals surface area contributed by atoms with Gasteiger partial charge in [0.05, 0.1) is 7.11 Å². The maximum absolute atomic E-state index is 11.5. The van der Waals surface area contributed by atoms with Crippen molar-refractivity contribution in [1.82, 2.24) is 0 Å². The molecule has 0 aliphatic rings. The van der Waals surface area contributed by atoms with Crippen molar-refractivity contribution in [2.24, 2.45) is 11.3 Å². The second-order valence-electron chi connectivity index (χ2n) is 6.88. The zero-order valence-electron chi connectivity index (χ0n) is 13.4. The molecule has 0 aliphatic carbocycles. The molecule has 1 N–H and O–H groups in total. The first kappa shape index (κ1) is 16.5. The molecule has 1 aromatic rings. The quantitative estimate of drug-likeness (QED) is 0.833. The van der Waals surface area contributed by atoms with Gasteiger partial charge in [-0.3, -0.25) is 0 Å². The molecule has 0 heterocycles. The smallest absolute Gasteiger partial charge is 0.341 e. The number of rotatable bonds is 4. The van der Waals surface area contributed by atoms with E-state index >= 15 is 0 Å². The van der Waals surface area contributed by atoms with Crippen molar-refractivity contribution >= 4 is 5.97 Å². The SMILES string of the molecule is COC(=O)c1ccc(C(CC(C)(C)C)C(C)C)cc1O. The number of hydrogen-bond acceptors (Lipinski definition) is 3. The maximum Gasteiger partial charge on any atom is 0.341 e. The zero-order chi connectivity index (χ0) is 15.5. The normalized spacial score (nSPS) is 13.3. The first-order valence-electron chi connectivity index (χ1n) is 7.07. The molecule has 1 aromatic carbocycles. The minimum absolute atomic E-state index is 0.00564. The molecule has 1 unspecified atom stereocenters. The van der Waals surface area contributed by atoms with Gasteiger partial charge in [-0.25, -0.2) is 4.79 Å². The standard InChI is InChI=1S/C17H26O3/c1-11(2)14(10-17(3,4)5)12-7-8-13(15(18)9-12)16(19)20-6/h7-9,11,14,18H,10H2,1-6H3. The van der Waals surface area contributed by atoms with Gasteiger partial charge in [-0.05, 0) is 41.4 Å². The summed E-state index contributed by atoms with van der Waals surface area (Å²) in [6, 6.07) is 5.26. The molecule has 3 nitrogen and oxygen atoms in total. The van der Waals surface area contributed by atoms with Crippen molar-refractivity contribution < 1.29 is 14.6 Å². The van der Waals surface area contributed by atoms with Crippen molar-refractivity contribution in [2.75, 3.05) is 7.11 Å². The third kappa shape index (κ3) is 4.26. The summed E-state index contributed by atoms with van der Waals surface area (Å²) in [5.74, 6) is 0.310. The van der Waals surface area contributed by atoms with Gasteiger partial charge in [-0.15, -0.1) is 0 Å². The van der Waals surface area contributed by atoms with Crippen LogP contribution in [0.1, 0.15) is 62.9 Å². The topological polar surface area (TPSA) is 46.5 Å². The van der Waals surface area contributed by atoms with Gasteiger partial charge in [0, 0.05) is 0 Å². The average Bonchev–Trinajstić information content (AvgIpc) is 2.33. The van der Waals surface area contributed by atoms with Gasteiger partial charge in [0.2, 0.25) is 0 Å². The fourth-order valence-electron chi connectivity index (χ4n) is 2.46. The molecule has 0 bridgehead atoms. The fourth-order valence-corrected chi connectivity index (χ4v) is 2.46. The van der Waals surface area contributed by atoms with Gasteiger partial charge >= 0.3 is 5.97 Å². The van der Waals surface area contributed by atoms with Crippen LogP contribution in [0.5, 0.6) is 5.75 Å². The number of hydrogen-bond donors (Lipinski definition) is 1. The Labute approximate surface area is 122 Å². The summed E-state index contributed by atoms with van der Waals surface area (Å²) in [5, 5.41) is 10.0. The number of aromatic hydroxyl groups is 1. The van der Waals surface area contributed by atoms with E-state index in [1.165, 1.54) is 7.11 Å². The number of ether oxygens (including phenoxy) is 1. The molecule has 3 heteroatoms. The van der Waals surface area contributed by atoms with E-state index in [1.807, 2.05) is 6.07 Å². The van der Waals surface area contributed by atoms with Gasteiger partial charge in [0.1, 0.15) is 11.3 Å². The fraction of sp³-hybridized carbons (Fsp3) is 0.588. The van der Waals surface area contributed by atoms with Crippen LogP contribution in [-0.4, -0.2) is 18.2 Å². The average molecular weight is 278 g/mol. The number of carbonyl (C=O) groups excluding carboxylic acids is 1. The van der Waals surface area contributed by atoms with Gasteiger partial charge in [0.15, 0.2) is 0 Å². The predicted molar refractivity (Wildman–Crippen MR) is 81.1 cm³/mol. The van der Waals surface area contributed by atoms with Gasteiger partial charge in [-0.1, -0.05) is 40.7 Å². The van der Waals surface area contributed by atoms with Crippen LogP contribution < -0.4 is 0 Å². The lowest BCUT2D eigenvalue weighted by Crippen LogP contribution is -2.16. The first-order chi connectivity index (χ1) is 9.15. The second-order valence-corrected chi connectivity index (χ2v) is 6.88. The number of carbonyl (C=O) groups is 1. The van der Waals surface area contributed by atoms with Crippen LogP contribution in [-0.2, 0) is 4.74 Å². The molecule has 1 rings (SSSR count). The van der Waals surface area contributed by atoms with E-state index in [4.69, 9.17) is 0 Å². The van der Waals surface area contributed by atoms with Crippen LogP contribution in [0, 0.1) is 11.3 Å². The van der Waals surface area contributed by atoms with Crippen molar-refractivity contribution in [3.05, 3.63) is 29.3 Å². The van der Waals surface area contributed by atoms with Gasteiger partial charge in [0.25, 0.3) is 0 Å². The van der Waals surface area contributed by atoms with E-state index in [1.54, 1.807) is 12.1 Å².